The third-order valence-electron chi connectivity index (χ3n) is 4.29. The van der Waals surface area contributed by atoms with Crippen molar-refractivity contribution in [2.75, 3.05) is 26.2 Å². The zero-order chi connectivity index (χ0) is 18.2. The number of hydrogen-bond donors (Lipinski definition) is 2. The van der Waals surface area contributed by atoms with Crippen LogP contribution in [-0.4, -0.2) is 42.9 Å². The molecule has 1 aromatic rings. The second-order valence-corrected chi connectivity index (χ2v) is 7.21. The molecular formula is C18H27BrFIN4O. The van der Waals surface area contributed by atoms with Crippen molar-refractivity contribution in [1.82, 2.24) is 10.2 Å². The molecule has 1 aromatic carbocycles. The molecular weight excluding hydrogens is 514 g/mol. The Balaban J connectivity index is 0.00000338. The van der Waals surface area contributed by atoms with E-state index in [1.165, 1.54) is 6.07 Å². The summed E-state index contributed by atoms with van der Waals surface area (Å²) in [4.78, 5) is 18.1. The van der Waals surface area contributed by atoms with E-state index in [2.05, 4.69) is 26.1 Å². The maximum atomic E-state index is 13.3. The summed E-state index contributed by atoms with van der Waals surface area (Å²) in [6.07, 6.45) is 3.24. The van der Waals surface area contributed by atoms with Gasteiger partial charge < -0.3 is 16.0 Å². The van der Waals surface area contributed by atoms with Crippen molar-refractivity contribution in [2.45, 2.75) is 32.6 Å². The molecule has 1 heterocycles. The first kappa shape index (κ1) is 23.1. The summed E-state index contributed by atoms with van der Waals surface area (Å²) in [5.41, 5.74) is 6.38. The van der Waals surface area contributed by atoms with Crippen molar-refractivity contribution in [2.24, 2.45) is 16.6 Å². The van der Waals surface area contributed by atoms with Crippen molar-refractivity contribution in [1.29, 1.82) is 0 Å². The molecule has 2 rings (SSSR count). The van der Waals surface area contributed by atoms with Crippen molar-refractivity contribution in [3.63, 3.8) is 0 Å². The van der Waals surface area contributed by atoms with Gasteiger partial charge >= 0.3 is 0 Å². The highest BCUT2D eigenvalue weighted by atomic mass is 127. The van der Waals surface area contributed by atoms with Gasteiger partial charge in [-0.15, -0.1) is 24.0 Å². The number of aliphatic imine (C=N–C) groups is 1. The first-order chi connectivity index (χ1) is 12.0. The lowest BCUT2D eigenvalue weighted by molar-refractivity contribution is -0.119. The molecule has 1 atom stereocenters. The molecule has 0 bridgehead atoms. The molecule has 0 aromatic heterocycles. The number of benzene rings is 1. The molecule has 1 saturated heterocycles. The number of guanidine groups is 1. The molecule has 3 N–H and O–H groups in total. The zero-order valence-corrected chi connectivity index (χ0v) is 18.9. The Morgan fingerprint density at radius 2 is 2.27 bits per heavy atom. The van der Waals surface area contributed by atoms with E-state index in [0.29, 0.717) is 23.4 Å². The van der Waals surface area contributed by atoms with Crippen LogP contribution in [0.15, 0.2) is 27.7 Å². The van der Waals surface area contributed by atoms with E-state index in [4.69, 9.17) is 10.7 Å². The molecule has 1 aliphatic rings. The summed E-state index contributed by atoms with van der Waals surface area (Å²) in [6, 6.07) is 5.04. The Morgan fingerprint density at radius 1 is 1.50 bits per heavy atom. The maximum Gasteiger partial charge on any atom is 0.217 e. The van der Waals surface area contributed by atoms with Gasteiger partial charge in [-0.2, -0.15) is 0 Å². The van der Waals surface area contributed by atoms with Crippen LogP contribution in [0.5, 0.6) is 0 Å². The SMILES string of the molecule is CCNC(=NCCc1ccc(F)c(Br)c1)N1CCCC(CC(N)=O)C1.I. The van der Waals surface area contributed by atoms with Crippen LogP contribution in [0.2, 0.25) is 0 Å². The van der Waals surface area contributed by atoms with E-state index in [1.54, 1.807) is 12.1 Å². The number of primary amides is 1. The lowest BCUT2D eigenvalue weighted by Crippen LogP contribution is -2.47. The monoisotopic (exact) mass is 540 g/mol. The van der Waals surface area contributed by atoms with Crippen LogP contribution in [0.1, 0.15) is 31.7 Å². The van der Waals surface area contributed by atoms with E-state index < -0.39 is 0 Å². The number of nitrogens with one attached hydrogen (secondary N) is 1. The quantitative estimate of drug-likeness (QED) is 0.330. The van der Waals surface area contributed by atoms with Gasteiger partial charge in [0, 0.05) is 32.6 Å². The van der Waals surface area contributed by atoms with Crippen molar-refractivity contribution < 1.29 is 9.18 Å². The summed E-state index contributed by atoms with van der Waals surface area (Å²) < 4.78 is 13.8. The Labute approximate surface area is 180 Å². The van der Waals surface area contributed by atoms with E-state index in [9.17, 15) is 9.18 Å². The first-order valence-electron chi connectivity index (χ1n) is 8.75. The minimum Gasteiger partial charge on any atom is -0.370 e. The number of halogens is 3. The summed E-state index contributed by atoms with van der Waals surface area (Å²) in [7, 11) is 0. The number of hydrogen-bond acceptors (Lipinski definition) is 2. The smallest absolute Gasteiger partial charge is 0.217 e. The third kappa shape index (κ3) is 7.38. The van der Waals surface area contributed by atoms with Crippen LogP contribution in [0.4, 0.5) is 4.39 Å². The van der Waals surface area contributed by atoms with E-state index in [0.717, 1.165) is 50.4 Å². The molecule has 0 radical (unpaired) electrons. The fraction of sp³-hybridized carbons (Fsp3) is 0.556. The van der Waals surface area contributed by atoms with Gasteiger partial charge in [0.1, 0.15) is 5.82 Å². The summed E-state index contributed by atoms with van der Waals surface area (Å²) >= 11 is 3.21. The van der Waals surface area contributed by atoms with Gasteiger partial charge in [0.05, 0.1) is 4.47 Å². The minimum atomic E-state index is -0.255. The Kier molecular flexibility index (Phi) is 10.4. The van der Waals surface area contributed by atoms with Crippen LogP contribution in [0, 0.1) is 11.7 Å². The van der Waals surface area contributed by atoms with Gasteiger partial charge in [0.25, 0.3) is 0 Å². The van der Waals surface area contributed by atoms with Crippen LogP contribution in [0.3, 0.4) is 0 Å². The maximum absolute atomic E-state index is 13.3. The zero-order valence-electron chi connectivity index (χ0n) is 15.0. The van der Waals surface area contributed by atoms with Crippen molar-refractivity contribution >= 4 is 51.8 Å². The van der Waals surface area contributed by atoms with Gasteiger partial charge in [0.2, 0.25) is 5.91 Å². The van der Waals surface area contributed by atoms with Crippen LogP contribution >= 0.6 is 39.9 Å². The second kappa shape index (κ2) is 11.7. The van der Waals surface area contributed by atoms with E-state index in [1.807, 2.05) is 6.92 Å². The van der Waals surface area contributed by atoms with Crippen LogP contribution < -0.4 is 11.1 Å². The minimum absolute atomic E-state index is 0. The molecule has 1 aliphatic heterocycles. The summed E-state index contributed by atoms with van der Waals surface area (Å²) in [6.45, 7) is 5.19. The van der Waals surface area contributed by atoms with Crippen LogP contribution in [-0.2, 0) is 11.2 Å². The number of amides is 1. The highest BCUT2D eigenvalue weighted by Gasteiger charge is 2.23. The average molecular weight is 541 g/mol. The molecule has 1 fully saturated rings. The number of nitrogens with zero attached hydrogens (tertiary/aromatic N) is 2. The number of nitrogens with two attached hydrogens (primary N) is 1. The number of piperidine rings is 1. The topological polar surface area (TPSA) is 70.7 Å². The fourth-order valence-electron chi connectivity index (χ4n) is 3.12. The van der Waals surface area contributed by atoms with Gasteiger partial charge in [-0.05, 0) is 65.7 Å². The molecule has 8 heteroatoms. The second-order valence-electron chi connectivity index (χ2n) is 6.36. The predicted molar refractivity (Wildman–Crippen MR) is 117 cm³/mol. The molecule has 0 saturated carbocycles. The number of rotatable bonds is 6. The molecule has 26 heavy (non-hydrogen) atoms. The Morgan fingerprint density at radius 3 is 2.92 bits per heavy atom. The Bertz CT molecular complexity index is 629. The Hall–Kier alpha value is -0.900. The molecule has 5 nitrogen and oxygen atoms in total. The largest absolute Gasteiger partial charge is 0.370 e. The molecule has 1 unspecified atom stereocenters. The van der Waals surface area contributed by atoms with Crippen LogP contribution in [0.25, 0.3) is 0 Å². The van der Waals surface area contributed by atoms with Gasteiger partial charge in [-0.1, -0.05) is 6.07 Å². The van der Waals surface area contributed by atoms with Crippen molar-refractivity contribution in [3.05, 3.63) is 34.1 Å². The highest BCUT2D eigenvalue weighted by Crippen LogP contribution is 2.20. The van der Waals surface area contributed by atoms with Gasteiger partial charge in [-0.3, -0.25) is 9.79 Å². The lowest BCUT2D eigenvalue weighted by Gasteiger charge is -2.34. The summed E-state index contributed by atoms with van der Waals surface area (Å²) in [5, 5.41) is 3.32. The van der Waals surface area contributed by atoms with E-state index >= 15 is 0 Å². The first-order valence-corrected chi connectivity index (χ1v) is 9.54. The normalized spacial score (nSPS) is 17.6. The average Bonchev–Trinajstić information content (AvgIpc) is 2.57. The molecule has 146 valence electrons. The molecule has 0 spiro atoms. The number of likely N-dealkylation sites (tertiary alicyclic amines) is 1. The van der Waals surface area contributed by atoms with Gasteiger partial charge in [0.15, 0.2) is 5.96 Å². The summed E-state index contributed by atoms with van der Waals surface area (Å²) in [5.74, 6) is 0.672. The standard InChI is InChI=1S/C18H26BrFN4O.HI/c1-2-22-18(24-9-3-4-14(12-24)11-17(21)25)23-8-7-13-5-6-16(20)15(19)10-13;/h5-6,10,14H,2-4,7-9,11-12H2,1H3,(H2,21,25)(H,22,23);1H. The molecule has 1 amide bonds. The predicted octanol–water partition coefficient (Wildman–Crippen LogP) is 3.30. The number of carbonyl (C=O) groups is 1. The lowest BCUT2D eigenvalue weighted by atomic mass is 9.95. The van der Waals surface area contributed by atoms with Gasteiger partial charge in [-0.25, -0.2) is 4.39 Å². The fourth-order valence-corrected chi connectivity index (χ4v) is 3.55. The van der Waals surface area contributed by atoms with E-state index in [-0.39, 0.29) is 35.7 Å². The number of carbonyl (C=O) groups excluding carboxylic acids is 1. The highest BCUT2D eigenvalue weighted by molar-refractivity contribution is 14.0. The molecule has 0 aliphatic carbocycles. The van der Waals surface area contributed by atoms with Crippen molar-refractivity contribution in [3.8, 4) is 0 Å². The third-order valence-corrected chi connectivity index (χ3v) is 4.90.